The van der Waals surface area contributed by atoms with Crippen molar-refractivity contribution in [3.63, 3.8) is 0 Å². The third-order valence-corrected chi connectivity index (χ3v) is 3.53. The predicted octanol–water partition coefficient (Wildman–Crippen LogP) is 1.99. The molecule has 8 heteroatoms. The summed E-state index contributed by atoms with van der Waals surface area (Å²) in [4.78, 5) is 22.5. The molecule has 0 aliphatic carbocycles. The Hall–Kier alpha value is -2.74. The Balaban J connectivity index is 2.10. The summed E-state index contributed by atoms with van der Waals surface area (Å²) >= 11 is 3.26. The van der Waals surface area contributed by atoms with E-state index in [1.807, 2.05) is 0 Å². The molecule has 0 unspecified atom stereocenters. The van der Waals surface area contributed by atoms with Crippen LogP contribution in [0.2, 0.25) is 0 Å². The number of carbonyl (C=O) groups excluding carboxylic acids is 1. The second-order valence-electron chi connectivity index (χ2n) is 4.43. The molecular weight excluding hydrogens is 356 g/mol. The van der Waals surface area contributed by atoms with Crippen molar-refractivity contribution < 1.29 is 23.6 Å². The van der Waals surface area contributed by atoms with E-state index in [4.69, 9.17) is 4.42 Å². The van der Waals surface area contributed by atoms with Gasteiger partial charge in [-0.2, -0.15) is 0 Å². The summed E-state index contributed by atoms with van der Waals surface area (Å²) in [5.74, 6) is -1.33. The molecule has 0 atom stereocenters. The summed E-state index contributed by atoms with van der Waals surface area (Å²) in [5.41, 5.74) is 0.104. The molecule has 0 N–H and O–H groups in total. The zero-order valence-corrected chi connectivity index (χ0v) is 12.4. The minimum absolute atomic E-state index is 0.133. The van der Waals surface area contributed by atoms with E-state index >= 15 is 0 Å². The number of carbonyl (C=O) groups is 1. The average Bonchev–Trinajstić information content (AvgIpc) is 2.82. The molecule has 2 aromatic heterocycles. The number of nitro groups is 1. The molecule has 0 aliphatic rings. The lowest BCUT2D eigenvalue weighted by atomic mass is 10.1. The third kappa shape index (κ3) is 2.33. The minimum Gasteiger partial charge on any atom is -0.540 e. The zero-order valence-electron chi connectivity index (χ0n) is 10.9. The van der Waals surface area contributed by atoms with E-state index < -0.39 is 16.7 Å². The largest absolute Gasteiger partial charge is 0.540 e. The highest BCUT2D eigenvalue weighted by Crippen LogP contribution is 2.21. The van der Waals surface area contributed by atoms with E-state index in [0.717, 1.165) is 0 Å². The molecule has 0 amide bonds. The van der Waals surface area contributed by atoms with Gasteiger partial charge in [0.1, 0.15) is 5.95 Å². The fraction of sp³-hybridized carbons (Fsp3) is 0. The highest BCUT2D eigenvalue weighted by atomic mass is 79.9. The summed E-state index contributed by atoms with van der Waals surface area (Å²) in [7, 11) is 0. The first-order chi connectivity index (χ1) is 10.5. The number of non-ortho nitro benzene ring substituents is 1. The van der Waals surface area contributed by atoms with E-state index in [1.165, 1.54) is 28.7 Å². The molecular formula is C14H7BrN2O5. The average molecular weight is 363 g/mol. The number of oxazole rings is 1. The van der Waals surface area contributed by atoms with Gasteiger partial charge in [0, 0.05) is 23.8 Å². The predicted molar refractivity (Wildman–Crippen MR) is 75.5 cm³/mol. The Kier molecular flexibility index (Phi) is 3.38. The molecule has 0 saturated carbocycles. The Bertz CT molecular complexity index is 901. The first-order valence-corrected chi connectivity index (χ1v) is 6.86. The quantitative estimate of drug-likeness (QED) is 0.307. The molecule has 3 aromatic rings. The number of nitrogens with zero attached hydrogens (tertiary/aromatic N) is 2. The highest BCUT2D eigenvalue weighted by molar-refractivity contribution is 9.10. The molecule has 0 aliphatic heterocycles. The molecule has 0 bridgehead atoms. The van der Waals surface area contributed by atoms with Crippen LogP contribution in [0.25, 0.3) is 5.71 Å². The second kappa shape index (κ2) is 5.23. The van der Waals surface area contributed by atoms with Gasteiger partial charge < -0.3 is 9.52 Å². The Labute approximate surface area is 131 Å². The molecule has 3 rings (SSSR count). The number of ketones is 1. The molecule has 7 nitrogen and oxygen atoms in total. The lowest BCUT2D eigenvalue weighted by molar-refractivity contribution is -0.518. The van der Waals surface area contributed by atoms with Gasteiger partial charge in [0.05, 0.1) is 9.40 Å². The molecule has 110 valence electrons. The Morgan fingerprint density at radius 1 is 1.18 bits per heavy atom. The third-order valence-electron chi connectivity index (χ3n) is 3.06. The zero-order chi connectivity index (χ0) is 15.9. The fourth-order valence-electron chi connectivity index (χ4n) is 2.03. The van der Waals surface area contributed by atoms with Crippen LogP contribution in [0.1, 0.15) is 16.1 Å². The minimum atomic E-state index is -0.763. The molecule has 0 spiro atoms. The van der Waals surface area contributed by atoms with Gasteiger partial charge in [-0.15, -0.1) is 4.40 Å². The van der Waals surface area contributed by atoms with Crippen molar-refractivity contribution >= 4 is 33.1 Å². The summed E-state index contributed by atoms with van der Waals surface area (Å²) in [6, 6.07) is 8.26. The maximum atomic E-state index is 12.5. The van der Waals surface area contributed by atoms with Crippen molar-refractivity contribution in [3.8, 4) is 5.95 Å². The summed E-state index contributed by atoms with van der Waals surface area (Å²) in [5, 5.41) is 22.5. The van der Waals surface area contributed by atoms with Crippen LogP contribution < -0.4 is 9.51 Å². The molecule has 0 fully saturated rings. The van der Waals surface area contributed by atoms with Gasteiger partial charge in [0.15, 0.2) is 6.20 Å². The van der Waals surface area contributed by atoms with Crippen molar-refractivity contribution in [3.05, 3.63) is 68.4 Å². The topological polar surface area (TPSA) is 101 Å². The molecule has 0 radical (unpaired) electrons. The van der Waals surface area contributed by atoms with Crippen LogP contribution in [-0.2, 0) is 0 Å². The van der Waals surface area contributed by atoms with Gasteiger partial charge >= 0.3 is 0 Å². The van der Waals surface area contributed by atoms with Crippen LogP contribution in [0, 0.1) is 10.1 Å². The van der Waals surface area contributed by atoms with Crippen molar-refractivity contribution in [2.24, 2.45) is 0 Å². The Morgan fingerprint density at radius 3 is 2.50 bits per heavy atom. The highest BCUT2D eigenvalue weighted by Gasteiger charge is 2.25. The summed E-state index contributed by atoms with van der Waals surface area (Å²) < 4.78 is 7.03. The number of rotatable bonds is 3. The maximum absolute atomic E-state index is 12.5. The molecule has 22 heavy (non-hydrogen) atoms. The van der Waals surface area contributed by atoms with Crippen molar-refractivity contribution in [2.45, 2.75) is 0 Å². The van der Waals surface area contributed by atoms with E-state index in [2.05, 4.69) is 15.9 Å². The van der Waals surface area contributed by atoms with Crippen LogP contribution in [0.5, 0.6) is 5.95 Å². The van der Waals surface area contributed by atoms with Crippen LogP contribution in [0.4, 0.5) is 5.69 Å². The van der Waals surface area contributed by atoms with Crippen LogP contribution >= 0.6 is 15.9 Å². The lowest BCUT2D eigenvalue weighted by Crippen LogP contribution is -2.28. The second-order valence-corrected chi connectivity index (χ2v) is 5.34. The first kappa shape index (κ1) is 14.2. The number of benzene rings is 1. The van der Waals surface area contributed by atoms with Gasteiger partial charge in [-0.25, -0.2) is 0 Å². The fourth-order valence-corrected chi connectivity index (χ4v) is 2.37. The monoisotopic (exact) mass is 362 g/mol. The van der Waals surface area contributed by atoms with Crippen molar-refractivity contribution in [1.82, 2.24) is 0 Å². The van der Waals surface area contributed by atoms with Crippen LogP contribution in [0.3, 0.4) is 0 Å². The Morgan fingerprint density at radius 2 is 1.86 bits per heavy atom. The standard InChI is InChI=1S/C14H7BrN2O5/c15-9-3-6-11-16(7-9)12(14(19)22-11)13(18)8-1-4-10(5-2-8)17(20)21/h1-7H. The van der Waals surface area contributed by atoms with Crippen LogP contribution in [-0.4, -0.2) is 10.7 Å². The first-order valence-electron chi connectivity index (χ1n) is 6.07. The van der Waals surface area contributed by atoms with E-state index in [1.54, 1.807) is 18.3 Å². The van der Waals surface area contributed by atoms with E-state index in [0.29, 0.717) is 4.47 Å². The molecule has 1 aromatic carbocycles. The van der Waals surface area contributed by atoms with E-state index in [-0.39, 0.29) is 22.7 Å². The van der Waals surface area contributed by atoms with Crippen LogP contribution in [0.15, 0.2) is 51.5 Å². The van der Waals surface area contributed by atoms with Crippen molar-refractivity contribution in [1.29, 1.82) is 0 Å². The van der Waals surface area contributed by atoms with Gasteiger partial charge in [-0.1, -0.05) is 0 Å². The molecule has 2 heterocycles. The number of pyridine rings is 1. The SMILES string of the molecule is O=C(c1ccc([N+](=O)[O-])cc1)c1c([O-])oc2ccc(Br)c[n+]12. The summed E-state index contributed by atoms with van der Waals surface area (Å²) in [6.07, 6.45) is 1.54. The van der Waals surface area contributed by atoms with Crippen molar-refractivity contribution in [2.75, 3.05) is 0 Å². The van der Waals surface area contributed by atoms with Gasteiger partial charge in [-0.05, 0) is 34.1 Å². The smallest absolute Gasteiger partial charge is 0.282 e. The number of hydrogen-bond donors (Lipinski definition) is 0. The summed E-state index contributed by atoms with van der Waals surface area (Å²) in [6.45, 7) is 0. The molecule has 0 saturated heterocycles. The van der Waals surface area contributed by atoms with E-state index in [9.17, 15) is 20.0 Å². The number of hydrogen-bond acceptors (Lipinski definition) is 5. The number of fused-ring (bicyclic) bond motifs is 1. The number of aromatic nitrogens is 1. The van der Waals surface area contributed by atoms with Gasteiger partial charge in [-0.3, -0.25) is 14.9 Å². The maximum Gasteiger partial charge on any atom is 0.282 e. The normalized spacial score (nSPS) is 10.8. The van der Waals surface area contributed by atoms with Gasteiger partial charge in [0.25, 0.3) is 22.9 Å². The lowest BCUT2D eigenvalue weighted by Gasteiger charge is -1.98. The number of nitro benzene ring substituents is 1. The number of halogens is 1. The van der Waals surface area contributed by atoms with Gasteiger partial charge in [0.2, 0.25) is 0 Å².